The summed E-state index contributed by atoms with van der Waals surface area (Å²) in [4.78, 5) is 9.11. The van der Waals surface area contributed by atoms with Crippen molar-refractivity contribution in [2.75, 3.05) is 19.2 Å². The van der Waals surface area contributed by atoms with E-state index in [2.05, 4.69) is 45.9 Å². The van der Waals surface area contributed by atoms with Crippen molar-refractivity contribution in [3.05, 3.63) is 77.9 Å². The Balaban J connectivity index is 1.40. The fourth-order valence-corrected chi connectivity index (χ4v) is 3.89. The number of ether oxygens (including phenoxy) is 3. The minimum Gasteiger partial charge on any atom is -0.497 e. The highest BCUT2D eigenvalue weighted by Gasteiger charge is 2.20. The van der Waals surface area contributed by atoms with Gasteiger partial charge >= 0.3 is 0 Å². The van der Waals surface area contributed by atoms with Gasteiger partial charge in [0.25, 0.3) is 0 Å². The van der Waals surface area contributed by atoms with E-state index in [9.17, 15) is 0 Å². The molecular weight excluding hydrogens is 392 g/mol. The fraction of sp³-hybridized carbons (Fsp3) is 0.250. The monoisotopic (exact) mass is 416 g/mol. The van der Waals surface area contributed by atoms with Crippen LogP contribution in [0.15, 0.2) is 61.1 Å². The molecule has 1 aliphatic rings. The summed E-state index contributed by atoms with van der Waals surface area (Å²) in [5.74, 6) is 3.64. The van der Waals surface area contributed by atoms with Gasteiger partial charge in [0.2, 0.25) is 6.79 Å². The lowest BCUT2D eigenvalue weighted by atomic mass is 9.97. The van der Waals surface area contributed by atoms with Gasteiger partial charge in [-0.3, -0.25) is 9.38 Å². The van der Waals surface area contributed by atoms with E-state index in [-0.39, 0.29) is 12.7 Å². The van der Waals surface area contributed by atoms with Crippen LogP contribution in [0.4, 0.5) is 5.82 Å². The van der Waals surface area contributed by atoms with Crippen LogP contribution in [0.5, 0.6) is 17.2 Å². The summed E-state index contributed by atoms with van der Waals surface area (Å²) in [7, 11) is 1.67. The summed E-state index contributed by atoms with van der Waals surface area (Å²) in [5, 5.41) is 3.59. The van der Waals surface area contributed by atoms with Gasteiger partial charge in [-0.25, -0.2) is 4.98 Å². The molecule has 158 valence electrons. The van der Waals surface area contributed by atoms with Crippen molar-refractivity contribution in [2.24, 2.45) is 0 Å². The van der Waals surface area contributed by atoms with E-state index >= 15 is 0 Å². The van der Waals surface area contributed by atoms with E-state index in [0.717, 1.165) is 40.8 Å². The summed E-state index contributed by atoms with van der Waals surface area (Å²) in [5.41, 5.74) is 4.19. The minimum atomic E-state index is 0.193. The van der Waals surface area contributed by atoms with Crippen LogP contribution in [-0.4, -0.2) is 28.3 Å². The number of imidazole rings is 1. The van der Waals surface area contributed by atoms with Crippen LogP contribution in [0.25, 0.3) is 5.65 Å². The molecule has 7 heteroatoms. The van der Waals surface area contributed by atoms with Crippen LogP contribution in [-0.2, 0) is 13.0 Å². The van der Waals surface area contributed by atoms with E-state index < -0.39 is 0 Å². The molecule has 0 saturated heterocycles. The summed E-state index contributed by atoms with van der Waals surface area (Å²) in [6.45, 7) is 3.16. The van der Waals surface area contributed by atoms with Crippen molar-refractivity contribution in [2.45, 2.75) is 25.8 Å². The number of hydrogen-bond acceptors (Lipinski definition) is 6. The van der Waals surface area contributed by atoms with Gasteiger partial charge in [-0.15, -0.1) is 0 Å². The highest BCUT2D eigenvalue weighted by Crippen LogP contribution is 2.35. The molecule has 0 spiro atoms. The highest BCUT2D eigenvalue weighted by atomic mass is 16.7. The minimum absolute atomic E-state index is 0.193. The van der Waals surface area contributed by atoms with Crippen molar-refractivity contribution in [1.29, 1.82) is 0 Å². The molecule has 31 heavy (non-hydrogen) atoms. The Hall–Kier alpha value is -3.74. The molecule has 2 aromatic heterocycles. The number of hydrogen-bond donors (Lipinski definition) is 1. The van der Waals surface area contributed by atoms with Gasteiger partial charge in [0.05, 0.1) is 19.0 Å². The molecule has 7 nitrogen and oxygen atoms in total. The van der Waals surface area contributed by atoms with E-state index in [1.165, 1.54) is 11.1 Å². The maximum atomic E-state index is 5.53. The van der Waals surface area contributed by atoms with Gasteiger partial charge < -0.3 is 19.5 Å². The highest BCUT2D eigenvalue weighted by molar-refractivity contribution is 5.56. The van der Waals surface area contributed by atoms with Gasteiger partial charge in [0, 0.05) is 24.9 Å². The number of fused-ring (bicyclic) bond motifs is 2. The van der Waals surface area contributed by atoms with E-state index in [4.69, 9.17) is 19.2 Å². The fourth-order valence-electron chi connectivity index (χ4n) is 3.89. The van der Waals surface area contributed by atoms with Crippen molar-refractivity contribution in [3.63, 3.8) is 0 Å². The summed E-state index contributed by atoms with van der Waals surface area (Å²) in [6, 6.07) is 14.2. The topological polar surface area (TPSA) is 69.9 Å². The van der Waals surface area contributed by atoms with Crippen LogP contribution in [0.3, 0.4) is 0 Å². The molecule has 0 amide bonds. The van der Waals surface area contributed by atoms with Crippen molar-refractivity contribution >= 4 is 11.5 Å². The third kappa shape index (κ3) is 3.86. The first-order chi connectivity index (χ1) is 15.2. The molecule has 5 rings (SSSR count). The number of methoxy groups -OCH3 is 1. The van der Waals surface area contributed by atoms with Gasteiger partial charge in [0.15, 0.2) is 17.1 Å². The maximum absolute atomic E-state index is 5.53. The summed E-state index contributed by atoms with van der Waals surface area (Å²) in [6.07, 6.45) is 6.34. The zero-order valence-corrected chi connectivity index (χ0v) is 17.5. The number of anilines is 1. The van der Waals surface area contributed by atoms with Crippen LogP contribution in [0.1, 0.15) is 29.7 Å². The second-order valence-corrected chi connectivity index (χ2v) is 7.64. The smallest absolute Gasteiger partial charge is 0.231 e. The second-order valence-electron chi connectivity index (χ2n) is 7.64. The molecule has 0 saturated carbocycles. The third-order valence-electron chi connectivity index (χ3n) is 5.52. The number of benzene rings is 2. The molecule has 0 unspecified atom stereocenters. The number of rotatable bonds is 7. The van der Waals surface area contributed by atoms with Crippen LogP contribution in [0, 0.1) is 0 Å². The molecule has 1 N–H and O–H groups in total. The first-order valence-electron chi connectivity index (χ1n) is 10.3. The Morgan fingerprint density at radius 2 is 1.90 bits per heavy atom. The average Bonchev–Trinajstić information content (AvgIpc) is 3.42. The van der Waals surface area contributed by atoms with Crippen LogP contribution < -0.4 is 19.5 Å². The zero-order valence-electron chi connectivity index (χ0n) is 17.5. The molecule has 0 bridgehead atoms. The molecule has 1 aliphatic heterocycles. The predicted molar refractivity (Wildman–Crippen MR) is 118 cm³/mol. The Morgan fingerprint density at radius 3 is 2.74 bits per heavy atom. The van der Waals surface area contributed by atoms with Crippen molar-refractivity contribution in [3.8, 4) is 17.2 Å². The number of nitrogens with one attached hydrogen (secondary N) is 1. The quantitative estimate of drug-likeness (QED) is 0.481. The standard InChI is InChI=1S/C24H24N4O3/c1-16(11-18-5-8-20-21(12-18)31-15-30-20)23-24(28-10-9-25-14-22(28)27-23)26-13-17-3-6-19(29-2)7-4-17/h3-10,12,14,16,26H,11,13,15H2,1-2H3/t16-/m0/s1. The van der Waals surface area contributed by atoms with E-state index in [0.29, 0.717) is 6.54 Å². The SMILES string of the molecule is COc1ccc(CNc2c([C@@H](C)Cc3ccc4c(c3)OCO4)nc3cnccn23)cc1. The van der Waals surface area contributed by atoms with E-state index in [1.54, 1.807) is 19.5 Å². The second kappa shape index (κ2) is 8.18. The molecule has 0 fully saturated rings. The third-order valence-corrected chi connectivity index (χ3v) is 5.52. The van der Waals surface area contributed by atoms with Gasteiger partial charge in [-0.1, -0.05) is 25.1 Å². The normalized spacial score (nSPS) is 13.4. The largest absolute Gasteiger partial charge is 0.497 e. The lowest BCUT2D eigenvalue weighted by molar-refractivity contribution is 0.174. The van der Waals surface area contributed by atoms with Crippen molar-refractivity contribution in [1.82, 2.24) is 14.4 Å². The van der Waals surface area contributed by atoms with Gasteiger partial charge in [0.1, 0.15) is 11.6 Å². The average molecular weight is 416 g/mol. The Labute approximate surface area is 180 Å². The molecule has 0 aliphatic carbocycles. The number of aromatic nitrogens is 3. The summed E-state index contributed by atoms with van der Waals surface area (Å²) < 4.78 is 18.3. The van der Waals surface area contributed by atoms with Crippen LogP contribution in [0.2, 0.25) is 0 Å². The maximum Gasteiger partial charge on any atom is 0.231 e. The van der Waals surface area contributed by atoms with Crippen molar-refractivity contribution < 1.29 is 14.2 Å². The van der Waals surface area contributed by atoms with Gasteiger partial charge in [-0.05, 0) is 41.8 Å². The first-order valence-corrected chi connectivity index (χ1v) is 10.3. The molecule has 4 aromatic rings. The summed E-state index contributed by atoms with van der Waals surface area (Å²) >= 11 is 0. The lowest BCUT2D eigenvalue weighted by Crippen LogP contribution is -2.07. The molecular formula is C24H24N4O3. The predicted octanol–water partition coefficient (Wildman–Crippen LogP) is 4.42. The molecule has 2 aromatic carbocycles. The lowest BCUT2D eigenvalue weighted by Gasteiger charge is -2.14. The van der Waals surface area contributed by atoms with Gasteiger partial charge in [-0.2, -0.15) is 0 Å². The molecule has 0 radical (unpaired) electrons. The molecule has 3 heterocycles. The zero-order chi connectivity index (χ0) is 21.2. The number of nitrogens with zero attached hydrogens (tertiary/aromatic N) is 3. The Kier molecular flexibility index (Phi) is 5.08. The Bertz CT molecular complexity index is 1200. The Morgan fingerprint density at radius 1 is 1.10 bits per heavy atom. The van der Waals surface area contributed by atoms with Crippen LogP contribution >= 0.6 is 0 Å². The van der Waals surface area contributed by atoms with E-state index in [1.807, 2.05) is 24.4 Å². The first kappa shape index (κ1) is 19.2. The molecule has 1 atom stereocenters.